The molecule has 0 aromatic heterocycles. The number of likely N-dealkylation sites (tertiary alicyclic amines) is 1. The van der Waals surface area contributed by atoms with Crippen LogP contribution >= 0.6 is 0 Å². The highest BCUT2D eigenvalue weighted by atomic mass is 15.2. The molecule has 1 aliphatic carbocycles. The third kappa shape index (κ3) is 3.45. The van der Waals surface area contributed by atoms with Crippen LogP contribution in [0.5, 0.6) is 0 Å². The molecule has 0 amide bonds. The van der Waals surface area contributed by atoms with Gasteiger partial charge in [0.05, 0.1) is 0 Å². The fourth-order valence-electron chi connectivity index (χ4n) is 3.75. The van der Waals surface area contributed by atoms with Crippen molar-refractivity contribution in [2.45, 2.75) is 53.0 Å². The van der Waals surface area contributed by atoms with E-state index >= 15 is 0 Å². The van der Waals surface area contributed by atoms with E-state index in [1.165, 1.54) is 45.4 Å². The second-order valence-electron chi connectivity index (χ2n) is 7.24. The topological polar surface area (TPSA) is 15.3 Å². The van der Waals surface area contributed by atoms with E-state index in [0.717, 1.165) is 17.3 Å². The molecule has 0 radical (unpaired) electrons. The second-order valence-corrected chi connectivity index (χ2v) is 7.24. The van der Waals surface area contributed by atoms with E-state index in [9.17, 15) is 0 Å². The van der Waals surface area contributed by atoms with Gasteiger partial charge in [-0.1, -0.05) is 27.7 Å². The molecule has 2 heteroatoms. The van der Waals surface area contributed by atoms with E-state index < -0.39 is 0 Å². The zero-order valence-corrected chi connectivity index (χ0v) is 12.1. The first kappa shape index (κ1) is 13.4. The molecule has 1 aliphatic heterocycles. The fourth-order valence-corrected chi connectivity index (χ4v) is 3.75. The molecule has 0 atom stereocenters. The largest absolute Gasteiger partial charge is 0.315 e. The summed E-state index contributed by atoms with van der Waals surface area (Å²) in [5, 5.41) is 3.53. The molecule has 1 N–H and O–H groups in total. The van der Waals surface area contributed by atoms with Crippen LogP contribution in [0.15, 0.2) is 0 Å². The Balaban J connectivity index is 1.55. The summed E-state index contributed by atoms with van der Waals surface area (Å²) in [6, 6.07) is 0.647. The Kier molecular flexibility index (Phi) is 4.14. The van der Waals surface area contributed by atoms with Gasteiger partial charge in [0, 0.05) is 25.7 Å². The first-order valence-corrected chi connectivity index (χ1v) is 7.45. The minimum absolute atomic E-state index is 0.647. The molecule has 2 rings (SSSR count). The van der Waals surface area contributed by atoms with Crippen LogP contribution in [0.2, 0.25) is 0 Å². The maximum Gasteiger partial charge on any atom is 0.00508 e. The maximum atomic E-state index is 3.53. The van der Waals surface area contributed by atoms with Crippen LogP contribution < -0.4 is 5.32 Å². The molecular formula is C15H30N2. The van der Waals surface area contributed by atoms with Gasteiger partial charge in [0.1, 0.15) is 0 Å². The van der Waals surface area contributed by atoms with Crippen molar-refractivity contribution in [1.29, 1.82) is 0 Å². The Labute approximate surface area is 107 Å². The van der Waals surface area contributed by atoms with E-state index in [2.05, 4.69) is 37.9 Å². The number of hydrogen-bond donors (Lipinski definition) is 1. The van der Waals surface area contributed by atoms with Gasteiger partial charge in [0.2, 0.25) is 0 Å². The summed E-state index contributed by atoms with van der Waals surface area (Å²) in [4.78, 5) is 2.65. The van der Waals surface area contributed by atoms with Gasteiger partial charge in [-0.25, -0.2) is 0 Å². The van der Waals surface area contributed by atoms with Crippen molar-refractivity contribution in [2.75, 3.05) is 26.2 Å². The highest BCUT2D eigenvalue weighted by Gasteiger charge is 2.51. The number of nitrogens with zero attached hydrogens (tertiary/aromatic N) is 1. The first-order chi connectivity index (χ1) is 7.99. The lowest BCUT2D eigenvalue weighted by atomic mass is 9.57. The standard InChI is InChI=1S/C15H30N2/c1-12(2)9-17-10-15(11-17)7-14(8-15)5-6-16-13(3)4/h12-14,16H,5-11H2,1-4H3. The molecule has 2 nitrogen and oxygen atoms in total. The molecule has 0 aromatic carbocycles. The predicted molar refractivity (Wildman–Crippen MR) is 74.2 cm³/mol. The SMILES string of the molecule is CC(C)CN1CC2(CC(CCNC(C)C)C2)C1. The Morgan fingerprint density at radius 2 is 1.82 bits per heavy atom. The molecule has 1 spiro atoms. The van der Waals surface area contributed by atoms with Crippen molar-refractivity contribution in [3.8, 4) is 0 Å². The van der Waals surface area contributed by atoms with Gasteiger partial charge in [-0.3, -0.25) is 0 Å². The Morgan fingerprint density at radius 1 is 1.18 bits per heavy atom. The lowest BCUT2D eigenvalue weighted by molar-refractivity contribution is -0.0992. The van der Waals surface area contributed by atoms with Gasteiger partial charge in [0.25, 0.3) is 0 Å². The van der Waals surface area contributed by atoms with Crippen molar-refractivity contribution >= 4 is 0 Å². The molecule has 2 fully saturated rings. The van der Waals surface area contributed by atoms with Gasteiger partial charge in [-0.15, -0.1) is 0 Å². The van der Waals surface area contributed by atoms with Gasteiger partial charge >= 0.3 is 0 Å². The summed E-state index contributed by atoms with van der Waals surface area (Å²) in [7, 11) is 0. The summed E-state index contributed by atoms with van der Waals surface area (Å²) in [5.41, 5.74) is 0.761. The van der Waals surface area contributed by atoms with Crippen LogP contribution in [0.4, 0.5) is 0 Å². The van der Waals surface area contributed by atoms with Crippen molar-refractivity contribution in [1.82, 2.24) is 10.2 Å². The zero-order chi connectivity index (χ0) is 12.5. The van der Waals surface area contributed by atoms with E-state index in [-0.39, 0.29) is 0 Å². The van der Waals surface area contributed by atoms with Crippen LogP contribution in [-0.4, -0.2) is 37.1 Å². The van der Waals surface area contributed by atoms with Crippen LogP contribution in [0, 0.1) is 17.3 Å². The van der Waals surface area contributed by atoms with E-state index in [4.69, 9.17) is 0 Å². The van der Waals surface area contributed by atoms with Crippen LogP contribution in [-0.2, 0) is 0 Å². The van der Waals surface area contributed by atoms with Crippen molar-refractivity contribution in [3.05, 3.63) is 0 Å². The molecule has 0 bridgehead atoms. The lowest BCUT2D eigenvalue weighted by Gasteiger charge is -2.60. The summed E-state index contributed by atoms with van der Waals surface area (Å²) in [6.45, 7) is 14.4. The Bertz CT molecular complexity index is 233. The smallest absolute Gasteiger partial charge is 0.00508 e. The van der Waals surface area contributed by atoms with E-state index in [1.54, 1.807) is 0 Å². The monoisotopic (exact) mass is 238 g/mol. The predicted octanol–water partition coefficient (Wildman–Crippen LogP) is 2.74. The average Bonchev–Trinajstić information content (AvgIpc) is 2.08. The molecule has 1 saturated heterocycles. The van der Waals surface area contributed by atoms with Gasteiger partial charge < -0.3 is 10.2 Å². The normalized spacial score (nSPS) is 24.4. The summed E-state index contributed by atoms with van der Waals surface area (Å²) < 4.78 is 0. The van der Waals surface area contributed by atoms with Crippen LogP contribution in [0.3, 0.4) is 0 Å². The quantitative estimate of drug-likeness (QED) is 0.765. The van der Waals surface area contributed by atoms with E-state index in [1.807, 2.05) is 0 Å². The molecule has 0 unspecified atom stereocenters. The van der Waals surface area contributed by atoms with E-state index in [0.29, 0.717) is 6.04 Å². The Hall–Kier alpha value is -0.0800. The molecular weight excluding hydrogens is 208 g/mol. The summed E-state index contributed by atoms with van der Waals surface area (Å²) in [6.07, 6.45) is 4.40. The zero-order valence-electron chi connectivity index (χ0n) is 12.1. The number of rotatable bonds is 6. The highest BCUT2D eigenvalue weighted by Crippen LogP contribution is 2.52. The lowest BCUT2D eigenvalue weighted by Crippen LogP contribution is -2.62. The van der Waals surface area contributed by atoms with Crippen molar-refractivity contribution < 1.29 is 0 Å². The average molecular weight is 238 g/mol. The number of hydrogen-bond acceptors (Lipinski definition) is 2. The van der Waals surface area contributed by atoms with Gasteiger partial charge in [0.15, 0.2) is 0 Å². The van der Waals surface area contributed by atoms with Crippen molar-refractivity contribution in [3.63, 3.8) is 0 Å². The third-order valence-corrected chi connectivity index (χ3v) is 4.29. The van der Waals surface area contributed by atoms with Gasteiger partial charge in [-0.2, -0.15) is 0 Å². The minimum Gasteiger partial charge on any atom is -0.315 e. The van der Waals surface area contributed by atoms with Gasteiger partial charge in [-0.05, 0) is 43.1 Å². The summed E-state index contributed by atoms with van der Waals surface area (Å²) in [5.74, 6) is 1.85. The third-order valence-electron chi connectivity index (χ3n) is 4.29. The summed E-state index contributed by atoms with van der Waals surface area (Å²) >= 11 is 0. The molecule has 1 saturated carbocycles. The minimum atomic E-state index is 0.647. The Morgan fingerprint density at radius 3 is 2.35 bits per heavy atom. The molecule has 2 aliphatic rings. The number of nitrogens with one attached hydrogen (secondary N) is 1. The van der Waals surface area contributed by atoms with Crippen LogP contribution in [0.1, 0.15) is 47.0 Å². The fraction of sp³-hybridized carbons (Fsp3) is 1.00. The molecule has 0 aromatic rings. The molecule has 1 heterocycles. The molecule has 17 heavy (non-hydrogen) atoms. The first-order valence-electron chi connectivity index (χ1n) is 7.45. The highest BCUT2D eigenvalue weighted by molar-refractivity contribution is 5.04. The molecule has 100 valence electrons. The maximum absolute atomic E-state index is 3.53. The second kappa shape index (κ2) is 5.27. The van der Waals surface area contributed by atoms with Crippen molar-refractivity contribution in [2.24, 2.45) is 17.3 Å². The van der Waals surface area contributed by atoms with Crippen LogP contribution in [0.25, 0.3) is 0 Å².